The molecule has 4 heteroatoms. The zero-order valence-electron chi connectivity index (χ0n) is 9.36. The average molecular weight is 218 g/mol. The van der Waals surface area contributed by atoms with Crippen molar-refractivity contribution in [3.8, 4) is 0 Å². The van der Waals surface area contributed by atoms with Crippen molar-refractivity contribution < 1.29 is 9.59 Å². The first-order valence-corrected chi connectivity index (χ1v) is 5.20. The van der Waals surface area contributed by atoms with Gasteiger partial charge in [0.1, 0.15) is 0 Å². The van der Waals surface area contributed by atoms with Gasteiger partial charge in [0.2, 0.25) is 5.91 Å². The molecule has 1 unspecified atom stereocenters. The minimum absolute atomic E-state index is 0.103. The summed E-state index contributed by atoms with van der Waals surface area (Å²) < 4.78 is 0. The van der Waals surface area contributed by atoms with Crippen LogP contribution < -0.4 is 10.6 Å². The third-order valence-corrected chi connectivity index (χ3v) is 2.93. The Morgan fingerprint density at radius 2 is 1.94 bits per heavy atom. The zero-order chi connectivity index (χ0) is 11.9. The molecular weight excluding hydrogens is 204 g/mol. The fourth-order valence-electron chi connectivity index (χ4n) is 1.79. The Morgan fingerprint density at radius 3 is 2.44 bits per heavy atom. The summed E-state index contributed by atoms with van der Waals surface area (Å²) in [6, 6.07) is 4.82. The van der Waals surface area contributed by atoms with Crippen molar-refractivity contribution in [3.63, 3.8) is 0 Å². The van der Waals surface area contributed by atoms with Gasteiger partial charge in [-0.15, -0.1) is 0 Å². The van der Waals surface area contributed by atoms with Gasteiger partial charge in [-0.3, -0.25) is 9.59 Å². The summed E-state index contributed by atoms with van der Waals surface area (Å²) in [4.78, 5) is 24.5. The highest BCUT2D eigenvalue weighted by Crippen LogP contribution is 2.24. The molecule has 1 heterocycles. The normalized spacial score (nSPS) is 20.7. The largest absolute Gasteiger partial charge is 0.319 e. The Hall–Kier alpha value is -1.68. The standard InChI is InChI=1S/C12H14N2O2/c1-7-3-4-9(5-8(7)2)14-11(15)6-10(13)12(14)16/h3-5,10H,6,13H2,1-2H3. The first kappa shape index (κ1) is 10.8. The molecule has 1 aromatic rings. The van der Waals surface area contributed by atoms with Gasteiger partial charge in [-0.1, -0.05) is 6.07 Å². The summed E-state index contributed by atoms with van der Waals surface area (Å²) >= 11 is 0. The average Bonchev–Trinajstić information content (AvgIpc) is 2.47. The Bertz CT molecular complexity index is 468. The second-order valence-corrected chi connectivity index (χ2v) is 4.15. The summed E-state index contributed by atoms with van der Waals surface area (Å²) in [7, 11) is 0. The molecule has 0 aromatic heterocycles. The lowest BCUT2D eigenvalue weighted by molar-refractivity contribution is -0.121. The summed E-state index contributed by atoms with van der Waals surface area (Å²) in [5.41, 5.74) is 8.35. The van der Waals surface area contributed by atoms with E-state index in [2.05, 4.69) is 0 Å². The van der Waals surface area contributed by atoms with Crippen molar-refractivity contribution in [1.82, 2.24) is 0 Å². The third kappa shape index (κ3) is 1.61. The molecule has 1 aliphatic rings. The van der Waals surface area contributed by atoms with Crippen LogP contribution in [0.1, 0.15) is 17.5 Å². The van der Waals surface area contributed by atoms with Crippen LogP contribution in [0.15, 0.2) is 18.2 Å². The van der Waals surface area contributed by atoms with Crippen LogP contribution in [0.4, 0.5) is 5.69 Å². The molecule has 0 bridgehead atoms. The molecule has 1 aliphatic heterocycles. The molecule has 2 N–H and O–H groups in total. The van der Waals surface area contributed by atoms with Gasteiger partial charge in [-0.05, 0) is 37.1 Å². The van der Waals surface area contributed by atoms with Crippen LogP contribution in [0.3, 0.4) is 0 Å². The maximum absolute atomic E-state index is 11.7. The van der Waals surface area contributed by atoms with Crippen LogP contribution in [0.25, 0.3) is 0 Å². The summed E-state index contributed by atoms with van der Waals surface area (Å²) in [5, 5.41) is 0. The lowest BCUT2D eigenvalue weighted by Crippen LogP contribution is -2.35. The number of hydrogen-bond donors (Lipinski definition) is 1. The summed E-state index contributed by atoms with van der Waals surface area (Å²) in [5.74, 6) is -0.533. The molecule has 84 valence electrons. The maximum atomic E-state index is 11.7. The van der Waals surface area contributed by atoms with E-state index in [0.717, 1.165) is 11.1 Å². The number of aryl methyl sites for hydroxylation is 2. The quantitative estimate of drug-likeness (QED) is 0.712. The minimum atomic E-state index is -0.686. The highest BCUT2D eigenvalue weighted by molar-refractivity contribution is 6.22. The van der Waals surface area contributed by atoms with Gasteiger partial charge in [0.05, 0.1) is 18.2 Å². The van der Waals surface area contributed by atoms with E-state index >= 15 is 0 Å². The predicted molar refractivity (Wildman–Crippen MR) is 61.0 cm³/mol. The molecule has 4 nitrogen and oxygen atoms in total. The molecule has 0 aliphatic carbocycles. The van der Waals surface area contributed by atoms with E-state index in [1.807, 2.05) is 26.0 Å². The van der Waals surface area contributed by atoms with E-state index in [9.17, 15) is 9.59 Å². The van der Waals surface area contributed by atoms with Crippen molar-refractivity contribution in [2.24, 2.45) is 5.73 Å². The van der Waals surface area contributed by atoms with Gasteiger partial charge < -0.3 is 5.73 Å². The molecule has 0 saturated carbocycles. The summed E-state index contributed by atoms with van der Waals surface area (Å²) in [6.07, 6.45) is 0.103. The van der Waals surface area contributed by atoms with Crippen LogP contribution >= 0.6 is 0 Å². The SMILES string of the molecule is Cc1ccc(N2C(=O)CC(N)C2=O)cc1C. The molecular formula is C12H14N2O2. The van der Waals surface area contributed by atoms with E-state index < -0.39 is 6.04 Å². The minimum Gasteiger partial charge on any atom is -0.319 e. The molecule has 0 spiro atoms. The lowest BCUT2D eigenvalue weighted by Gasteiger charge is -2.15. The van der Waals surface area contributed by atoms with Gasteiger partial charge in [-0.2, -0.15) is 0 Å². The van der Waals surface area contributed by atoms with Crippen molar-refractivity contribution >= 4 is 17.5 Å². The highest BCUT2D eigenvalue weighted by atomic mass is 16.2. The number of benzene rings is 1. The topological polar surface area (TPSA) is 63.4 Å². The molecule has 2 amide bonds. The van der Waals surface area contributed by atoms with Crippen LogP contribution in [0, 0.1) is 13.8 Å². The Kier molecular flexibility index (Phi) is 2.52. The summed E-state index contributed by atoms with van der Waals surface area (Å²) in [6.45, 7) is 3.93. The van der Waals surface area contributed by atoms with E-state index in [1.54, 1.807) is 6.07 Å². The Morgan fingerprint density at radius 1 is 1.25 bits per heavy atom. The van der Waals surface area contributed by atoms with Gasteiger partial charge in [0.15, 0.2) is 0 Å². The van der Waals surface area contributed by atoms with E-state index in [4.69, 9.17) is 5.73 Å². The second kappa shape index (κ2) is 3.72. The Labute approximate surface area is 94.0 Å². The molecule has 0 radical (unpaired) electrons. The van der Waals surface area contributed by atoms with Crippen LogP contribution in [-0.2, 0) is 9.59 Å². The van der Waals surface area contributed by atoms with Crippen LogP contribution in [-0.4, -0.2) is 17.9 Å². The van der Waals surface area contributed by atoms with Gasteiger partial charge >= 0.3 is 0 Å². The van der Waals surface area contributed by atoms with Crippen LogP contribution in [0.2, 0.25) is 0 Å². The number of hydrogen-bond acceptors (Lipinski definition) is 3. The van der Waals surface area contributed by atoms with Gasteiger partial charge in [0.25, 0.3) is 5.91 Å². The number of nitrogens with zero attached hydrogens (tertiary/aromatic N) is 1. The number of carbonyl (C=O) groups excluding carboxylic acids is 2. The van der Waals surface area contributed by atoms with Crippen molar-refractivity contribution in [1.29, 1.82) is 0 Å². The monoisotopic (exact) mass is 218 g/mol. The van der Waals surface area contributed by atoms with E-state index in [0.29, 0.717) is 5.69 Å². The lowest BCUT2D eigenvalue weighted by atomic mass is 10.1. The predicted octanol–water partition coefficient (Wildman–Crippen LogP) is 0.894. The van der Waals surface area contributed by atoms with Crippen LogP contribution in [0.5, 0.6) is 0 Å². The number of carbonyl (C=O) groups is 2. The zero-order valence-corrected chi connectivity index (χ0v) is 9.36. The smallest absolute Gasteiger partial charge is 0.251 e. The third-order valence-electron chi connectivity index (χ3n) is 2.93. The molecule has 16 heavy (non-hydrogen) atoms. The Balaban J connectivity index is 2.41. The highest BCUT2D eigenvalue weighted by Gasteiger charge is 2.37. The first-order valence-electron chi connectivity index (χ1n) is 5.20. The molecule has 1 fully saturated rings. The number of imide groups is 1. The fourth-order valence-corrected chi connectivity index (χ4v) is 1.79. The number of amides is 2. The number of rotatable bonds is 1. The van der Waals surface area contributed by atoms with Crippen molar-refractivity contribution in [2.45, 2.75) is 26.3 Å². The van der Waals surface area contributed by atoms with Gasteiger partial charge in [-0.25, -0.2) is 4.90 Å². The second-order valence-electron chi connectivity index (χ2n) is 4.15. The number of nitrogens with two attached hydrogens (primary N) is 1. The van der Waals surface area contributed by atoms with E-state index in [-0.39, 0.29) is 18.2 Å². The molecule has 1 aromatic carbocycles. The van der Waals surface area contributed by atoms with Crippen molar-refractivity contribution in [3.05, 3.63) is 29.3 Å². The maximum Gasteiger partial charge on any atom is 0.251 e. The fraction of sp³-hybridized carbons (Fsp3) is 0.333. The van der Waals surface area contributed by atoms with Crippen molar-refractivity contribution in [2.75, 3.05) is 4.90 Å². The molecule has 1 atom stereocenters. The molecule has 1 saturated heterocycles. The first-order chi connectivity index (χ1) is 7.50. The number of anilines is 1. The van der Waals surface area contributed by atoms with Gasteiger partial charge in [0, 0.05) is 0 Å². The molecule has 2 rings (SSSR count). The van der Waals surface area contributed by atoms with E-state index in [1.165, 1.54) is 4.90 Å².